The number of benzene rings is 1. The van der Waals surface area contributed by atoms with Crippen molar-refractivity contribution in [1.29, 1.82) is 5.26 Å². The molecule has 1 aromatic carbocycles. The lowest BCUT2D eigenvalue weighted by atomic mass is 10.0. The number of carbonyl (C=O) groups excluding carboxylic acids is 2. The molecule has 1 aromatic heterocycles. The summed E-state index contributed by atoms with van der Waals surface area (Å²) in [6.07, 6.45) is 1.21. The van der Waals surface area contributed by atoms with Crippen LogP contribution in [-0.2, 0) is 11.3 Å². The number of hydrogen-bond donors (Lipinski definition) is 1. The number of nitriles is 1. The summed E-state index contributed by atoms with van der Waals surface area (Å²) in [6.45, 7) is 0.264. The highest BCUT2D eigenvalue weighted by Crippen LogP contribution is 2.17. The number of hydrogen-bond acceptors (Lipinski definition) is 4. The molecule has 1 heterocycles. The summed E-state index contributed by atoms with van der Waals surface area (Å²) in [5, 5.41) is 11.6. The smallest absolute Gasteiger partial charge is 0.245 e. The van der Waals surface area contributed by atoms with Gasteiger partial charge in [-0.15, -0.1) is 0 Å². The number of nitrogens with zero attached hydrogens (tertiary/aromatic N) is 1. The fourth-order valence-electron chi connectivity index (χ4n) is 1.73. The van der Waals surface area contributed by atoms with Crippen molar-refractivity contribution < 1.29 is 14.0 Å². The van der Waals surface area contributed by atoms with Crippen molar-refractivity contribution in [2.24, 2.45) is 5.92 Å². The molecule has 0 spiro atoms. The normalized spacial score (nSPS) is 11.4. The maximum Gasteiger partial charge on any atom is 0.245 e. The van der Waals surface area contributed by atoms with Gasteiger partial charge in [-0.05, 0) is 21.5 Å². The Kier molecular flexibility index (Phi) is 4.90. The first-order chi connectivity index (χ1) is 10.1. The molecule has 21 heavy (non-hydrogen) atoms. The molecule has 1 amide bonds. The van der Waals surface area contributed by atoms with Gasteiger partial charge in [-0.1, -0.05) is 30.3 Å². The molecule has 2 rings (SSSR count). The predicted molar refractivity (Wildman–Crippen MR) is 78.1 cm³/mol. The van der Waals surface area contributed by atoms with Crippen molar-refractivity contribution in [3.05, 3.63) is 58.5 Å². The zero-order valence-electron chi connectivity index (χ0n) is 10.9. The minimum atomic E-state index is -1.39. The lowest BCUT2D eigenvalue weighted by Gasteiger charge is -2.08. The molecule has 0 unspecified atom stereocenters. The van der Waals surface area contributed by atoms with E-state index >= 15 is 0 Å². The van der Waals surface area contributed by atoms with E-state index < -0.39 is 17.6 Å². The van der Waals surface area contributed by atoms with Gasteiger partial charge in [-0.25, -0.2) is 0 Å². The number of carbonyl (C=O) groups is 2. The summed E-state index contributed by atoms with van der Waals surface area (Å²) < 4.78 is 5.31. The molecule has 0 bridgehead atoms. The highest BCUT2D eigenvalue weighted by molar-refractivity contribution is 9.10. The quantitative estimate of drug-likeness (QED) is 0.666. The van der Waals surface area contributed by atoms with Crippen LogP contribution in [-0.4, -0.2) is 11.7 Å². The largest absolute Gasteiger partial charge is 0.457 e. The summed E-state index contributed by atoms with van der Waals surface area (Å²) in [5.41, 5.74) is 1.07. The van der Waals surface area contributed by atoms with E-state index in [-0.39, 0.29) is 12.1 Å². The van der Waals surface area contributed by atoms with Gasteiger partial charge in [0.15, 0.2) is 16.4 Å². The maximum absolute atomic E-state index is 12.1. The molecule has 0 saturated heterocycles. The molecule has 0 fully saturated rings. The van der Waals surface area contributed by atoms with Crippen LogP contribution in [0.4, 0.5) is 0 Å². The van der Waals surface area contributed by atoms with Gasteiger partial charge in [0.1, 0.15) is 6.26 Å². The Balaban J connectivity index is 2.02. The lowest BCUT2D eigenvalue weighted by Crippen LogP contribution is -2.34. The average molecular weight is 347 g/mol. The van der Waals surface area contributed by atoms with E-state index in [0.29, 0.717) is 4.67 Å². The molecular weight excluding hydrogens is 336 g/mol. The van der Waals surface area contributed by atoms with Crippen LogP contribution in [0, 0.1) is 17.2 Å². The second-order valence-corrected chi connectivity index (χ2v) is 5.05. The fraction of sp³-hybridized carbons (Fsp3) is 0.133. The van der Waals surface area contributed by atoms with Gasteiger partial charge in [-0.3, -0.25) is 9.59 Å². The SMILES string of the molecule is N#C[C@H](C(=O)NCc1ccccc1)C(=O)c1coc(Br)c1. The molecule has 1 N–H and O–H groups in total. The lowest BCUT2D eigenvalue weighted by molar-refractivity contribution is -0.122. The van der Waals surface area contributed by atoms with Crippen molar-refractivity contribution in [3.8, 4) is 6.07 Å². The van der Waals surface area contributed by atoms with Crippen LogP contribution >= 0.6 is 15.9 Å². The fourth-order valence-corrected chi connectivity index (χ4v) is 2.07. The van der Waals surface area contributed by atoms with Crippen LogP contribution in [0.15, 0.2) is 51.7 Å². The van der Waals surface area contributed by atoms with Gasteiger partial charge >= 0.3 is 0 Å². The number of nitrogens with one attached hydrogen (secondary N) is 1. The Labute approximate surface area is 129 Å². The molecule has 0 radical (unpaired) electrons. The number of ketones is 1. The minimum Gasteiger partial charge on any atom is -0.457 e. The van der Waals surface area contributed by atoms with Crippen molar-refractivity contribution in [2.75, 3.05) is 0 Å². The van der Waals surface area contributed by atoms with E-state index in [4.69, 9.17) is 9.68 Å². The van der Waals surface area contributed by atoms with Crippen molar-refractivity contribution in [3.63, 3.8) is 0 Å². The molecular formula is C15H11BrN2O3. The van der Waals surface area contributed by atoms with Crippen molar-refractivity contribution in [1.82, 2.24) is 5.32 Å². The van der Waals surface area contributed by atoms with E-state index in [0.717, 1.165) is 5.56 Å². The summed E-state index contributed by atoms with van der Waals surface area (Å²) in [5.74, 6) is -2.60. The van der Waals surface area contributed by atoms with Gasteiger partial charge in [0.05, 0.1) is 11.6 Å². The van der Waals surface area contributed by atoms with Crippen LogP contribution in [0.25, 0.3) is 0 Å². The molecule has 1 atom stereocenters. The van der Waals surface area contributed by atoms with E-state index in [1.165, 1.54) is 12.3 Å². The van der Waals surface area contributed by atoms with Crippen molar-refractivity contribution >= 4 is 27.6 Å². The first kappa shape index (κ1) is 15.0. The molecule has 2 aromatic rings. The van der Waals surface area contributed by atoms with Gasteiger partial charge in [0, 0.05) is 12.6 Å². The van der Waals surface area contributed by atoms with Crippen LogP contribution in [0.2, 0.25) is 0 Å². The molecule has 0 aliphatic heterocycles. The number of amides is 1. The first-order valence-electron chi connectivity index (χ1n) is 6.11. The maximum atomic E-state index is 12.1. The third kappa shape index (κ3) is 3.80. The third-order valence-electron chi connectivity index (χ3n) is 2.82. The van der Waals surface area contributed by atoms with E-state index in [9.17, 15) is 9.59 Å². The second-order valence-electron chi connectivity index (χ2n) is 4.27. The Bertz CT molecular complexity index is 688. The van der Waals surface area contributed by atoms with Gasteiger partial charge in [0.25, 0.3) is 0 Å². The third-order valence-corrected chi connectivity index (χ3v) is 3.23. The van der Waals surface area contributed by atoms with Crippen molar-refractivity contribution in [2.45, 2.75) is 6.54 Å². The monoisotopic (exact) mass is 346 g/mol. The van der Waals surface area contributed by atoms with E-state index in [1.54, 1.807) is 6.07 Å². The van der Waals surface area contributed by atoms with Gasteiger partial charge in [0.2, 0.25) is 5.91 Å². The highest BCUT2D eigenvalue weighted by Gasteiger charge is 2.28. The molecule has 0 saturated carbocycles. The summed E-state index contributed by atoms with van der Waals surface area (Å²) >= 11 is 3.07. The van der Waals surface area contributed by atoms with Crippen LogP contribution < -0.4 is 5.32 Å². The zero-order valence-corrected chi connectivity index (χ0v) is 12.5. The Morgan fingerprint density at radius 2 is 2.05 bits per heavy atom. The second kappa shape index (κ2) is 6.86. The topological polar surface area (TPSA) is 83.1 Å². The summed E-state index contributed by atoms with van der Waals surface area (Å²) in [4.78, 5) is 24.1. The highest BCUT2D eigenvalue weighted by atomic mass is 79.9. The van der Waals surface area contributed by atoms with Crippen LogP contribution in [0.3, 0.4) is 0 Å². The summed E-state index contributed by atoms with van der Waals surface area (Å²) in [6, 6.07) is 12.4. The summed E-state index contributed by atoms with van der Waals surface area (Å²) in [7, 11) is 0. The number of halogens is 1. The minimum absolute atomic E-state index is 0.184. The van der Waals surface area contributed by atoms with E-state index in [1.807, 2.05) is 30.3 Å². The van der Waals surface area contributed by atoms with Gasteiger partial charge in [-0.2, -0.15) is 5.26 Å². The molecule has 0 aliphatic rings. The molecule has 106 valence electrons. The number of Topliss-reactive ketones (excluding diaryl/α,β-unsaturated/α-hetero) is 1. The van der Waals surface area contributed by atoms with Gasteiger partial charge < -0.3 is 9.73 Å². The predicted octanol–water partition coefficient (Wildman–Crippen LogP) is 2.68. The molecule has 5 nitrogen and oxygen atoms in total. The number of furan rings is 1. The zero-order chi connectivity index (χ0) is 15.2. The van der Waals surface area contributed by atoms with Crippen LogP contribution in [0.1, 0.15) is 15.9 Å². The Hall–Kier alpha value is -2.39. The Morgan fingerprint density at radius 3 is 2.62 bits per heavy atom. The molecule has 6 heteroatoms. The Morgan fingerprint density at radius 1 is 1.33 bits per heavy atom. The molecule has 0 aliphatic carbocycles. The average Bonchev–Trinajstić information content (AvgIpc) is 2.93. The van der Waals surface area contributed by atoms with E-state index in [2.05, 4.69) is 21.2 Å². The van der Waals surface area contributed by atoms with Crippen LogP contribution in [0.5, 0.6) is 0 Å². The first-order valence-corrected chi connectivity index (χ1v) is 6.90. The number of rotatable bonds is 5. The standard InChI is InChI=1S/C15H11BrN2O3/c16-13-6-11(9-21-13)14(19)12(7-17)15(20)18-8-10-4-2-1-3-5-10/h1-6,9,12H,8H2,(H,18,20)/t12-/m0/s1.